The predicted octanol–water partition coefficient (Wildman–Crippen LogP) is 2.53. The fraction of sp³-hybridized carbons (Fsp3) is 0.214. The SMILES string of the molecule is Cc1cc(F)ccc1C(=O)NCc1nc(C)c(C(=O)O)s1. The number of nitrogens with zero attached hydrogens (tertiary/aromatic N) is 1. The van der Waals surface area contributed by atoms with Crippen LogP contribution in [0.4, 0.5) is 4.39 Å². The number of carbonyl (C=O) groups is 2. The van der Waals surface area contributed by atoms with Crippen LogP contribution < -0.4 is 5.32 Å². The van der Waals surface area contributed by atoms with Crippen LogP contribution in [0.3, 0.4) is 0 Å². The molecule has 0 saturated heterocycles. The summed E-state index contributed by atoms with van der Waals surface area (Å²) in [4.78, 5) is 27.2. The summed E-state index contributed by atoms with van der Waals surface area (Å²) in [6.45, 7) is 3.39. The highest BCUT2D eigenvalue weighted by atomic mass is 32.1. The van der Waals surface area contributed by atoms with Gasteiger partial charge in [0.05, 0.1) is 12.2 Å². The van der Waals surface area contributed by atoms with E-state index in [1.165, 1.54) is 18.2 Å². The zero-order valence-corrected chi connectivity index (χ0v) is 12.3. The topological polar surface area (TPSA) is 79.3 Å². The van der Waals surface area contributed by atoms with Crippen LogP contribution in [0.2, 0.25) is 0 Å². The molecule has 0 fully saturated rings. The van der Waals surface area contributed by atoms with E-state index in [4.69, 9.17) is 5.11 Å². The van der Waals surface area contributed by atoms with E-state index in [0.29, 0.717) is 21.8 Å². The molecule has 7 heteroatoms. The number of nitrogens with one attached hydrogen (secondary N) is 1. The van der Waals surface area contributed by atoms with Gasteiger partial charge < -0.3 is 10.4 Å². The third kappa shape index (κ3) is 3.43. The summed E-state index contributed by atoms with van der Waals surface area (Å²) in [5, 5.41) is 12.1. The van der Waals surface area contributed by atoms with Gasteiger partial charge in [-0.05, 0) is 37.6 Å². The van der Waals surface area contributed by atoms with E-state index in [-0.39, 0.29) is 17.3 Å². The van der Waals surface area contributed by atoms with Gasteiger partial charge in [-0.2, -0.15) is 0 Å². The van der Waals surface area contributed by atoms with Crippen molar-refractivity contribution in [3.63, 3.8) is 0 Å². The second kappa shape index (κ2) is 6.01. The Morgan fingerprint density at radius 3 is 2.67 bits per heavy atom. The number of aromatic carboxylic acids is 1. The maximum Gasteiger partial charge on any atom is 0.347 e. The fourth-order valence-corrected chi connectivity index (χ4v) is 2.70. The van der Waals surface area contributed by atoms with E-state index in [1.807, 2.05) is 0 Å². The molecule has 5 nitrogen and oxygen atoms in total. The van der Waals surface area contributed by atoms with Crippen molar-refractivity contribution in [3.8, 4) is 0 Å². The van der Waals surface area contributed by atoms with Crippen LogP contribution >= 0.6 is 11.3 Å². The molecule has 21 heavy (non-hydrogen) atoms. The summed E-state index contributed by atoms with van der Waals surface area (Å²) in [5.41, 5.74) is 1.34. The molecule has 2 rings (SSSR count). The minimum absolute atomic E-state index is 0.133. The van der Waals surface area contributed by atoms with Crippen molar-refractivity contribution in [2.45, 2.75) is 20.4 Å². The van der Waals surface area contributed by atoms with Crippen molar-refractivity contribution in [2.75, 3.05) is 0 Å². The standard InChI is InChI=1S/C14H13FN2O3S/c1-7-5-9(15)3-4-10(7)13(18)16-6-11-17-8(2)12(21-11)14(19)20/h3-5H,6H2,1-2H3,(H,16,18)(H,19,20). The zero-order chi connectivity index (χ0) is 15.6. The molecule has 0 unspecified atom stereocenters. The van der Waals surface area contributed by atoms with E-state index in [9.17, 15) is 14.0 Å². The highest BCUT2D eigenvalue weighted by Gasteiger charge is 2.15. The number of aromatic nitrogens is 1. The Morgan fingerprint density at radius 1 is 1.38 bits per heavy atom. The molecule has 0 saturated carbocycles. The molecular formula is C14H13FN2O3S. The number of rotatable bonds is 4. The molecule has 0 radical (unpaired) electrons. The van der Waals surface area contributed by atoms with Crippen LogP contribution in [0.5, 0.6) is 0 Å². The molecule has 1 heterocycles. The summed E-state index contributed by atoms with van der Waals surface area (Å²) in [5.74, 6) is -1.78. The largest absolute Gasteiger partial charge is 0.477 e. The summed E-state index contributed by atoms with van der Waals surface area (Å²) < 4.78 is 13.0. The summed E-state index contributed by atoms with van der Waals surface area (Å²) in [7, 11) is 0. The van der Waals surface area contributed by atoms with Crippen LogP contribution in [0.1, 0.15) is 36.3 Å². The third-order valence-corrected chi connectivity index (χ3v) is 4.01. The van der Waals surface area contributed by atoms with Crippen molar-refractivity contribution >= 4 is 23.2 Å². The van der Waals surface area contributed by atoms with Gasteiger partial charge in [0.2, 0.25) is 0 Å². The van der Waals surface area contributed by atoms with Crippen molar-refractivity contribution in [1.82, 2.24) is 10.3 Å². The first-order chi connectivity index (χ1) is 9.88. The molecule has 0 spiro atoms. The van der Waals surface area contributed by atoms with Crippen LogP contribution in [-0.2, 0) is 6.54 Å². The fourth-order valence-electron chi connectivity index (χ4n) is 1.86. The lowest BCUT2D eigenvalue weighted by atomic mass is 10.1. The lowest BCUT2D eigenvalue weighted by molar-refractivity contribution is 0.0701. The van der Waals surface area contributed by atoms with E-state index < -0.39 is 11.8 Å². The lowest BCUT2D eigenvalue weighted by Gasteiger charge is -2.06. The first kappa shape index (κ1) is 15.1. The molecule has 110 valence electrons. The van der Waals surface area contributed by atoms with Gasteiger partial charge in [0.15, 0.2) is 0 Å². The number of amides is 1. The Bertz CT molecular complexity index is 712. The number of carboxylic acid groups (broad SMARTS) is 1. The first-order valence-corrected chi connectivity index (χ1v) is 6.94. The number of carbonyl (C=O) groups excluding carboxylic acids is 1. The Kier molecular flexibility index (Phi) is 4.32. The number of hydrogen-bond acceptors (Lipinski definition) is 4. The van der Waals surface area contributed by atoms with Gasteiger partial charge in [0.1, 0.15) is 15.7 Å². The normalized spacial score (nSPS) is 10.4. The quantitative estimate of drug-likeness (QED) is 0.909. The Morgan fingerprint density at radius 2 is 2.10 bits per heavy atom. The van der Waals surface area contributed by atoms with Crippen LogP contribution in [0.15, 0.2) is 18.2 Å². The maximum absolute atomic E-state index is 13.0. The molecule has 1 aromatic heterocycles. The van der Waals surface area contributed by atoms with Crippen LogP contribution in [-0.4, -0.2) is 22.0 Å². The van der Waals surface area contributed by atoms with Crippen molar-refractivity contribution in [1.29, 1.82) is 0 Å². The molecule has 1 amide bonds. The number of benzene rings is 1. The van der Waals surface area contributed by atoms with Gasteiger partial charge in [-0.15, -0.1) is 11.3 Å². The number of aryl methyl sites for hydroxylation is 2. The molecule has 0 aliphatic heterocycles. The van der Waals surface area contributed by atoms with E-state index in [0.717, 1.165) is 11.3 Å². The Hall–Kier alpha value is -2.28. The smallest absolute Gasteiger partial charge is 0.347 e. The second-order valence-electron chi connectivity index (χ2n) is 4.47. The molecule has 0 bridgehead atoms. The van der Waals surface area contributed by atoms with E-state index >= 15 is 0 Å². The monoisotopic (exact) mass is 308 g/mol. The Balaban J connectivity index is 2.07. The van der Waals surface area contributed by atoms with Gasteiger partial charge in [-0.1, -0.05) is 0 Å². The number of halogens is 1. The van der Waals surface area contributed by atoms with E-state index in [1.54, 1.807) is 13.8 Å². The van der Waals surface area contributed by atoms with Gasteiger partial charge in [-0.3, -0.25) is 4.79 Å². The Labute approximate surface area is 124 Å². The lowest BCUT2D eigenvalue weighted by Crippen LogP contribution is -2.23. The molecule has 0 aliphatic carbocycles. The van der Waals surface area contributed by atoms with Crippen LogP contribution in [0, 0.1) is 19.7 Å². The number of carboxylic acids is 1. The van der Waals surface area contributed by atoms with Crippen LogP contribution in [0.25, 0.3) is 0 Å². The molecular weight excluding hydrogens is 295 g/mol. The van der Waals surface area contributed by atoms with Crippen molar-refractivity contribution in [3.05, 3.63) is 50.7 Å². The first-order valence-electron chi connectivity index (χ1n) is 6.12. The highest BCUT2D eigenvalue weighted by Crippen LogP contribution is 2.18. The molecule has 2 N–H and O–H groups in total. The summed E-state index contributed by atoms with van der Waals surface area (Å²) >= 11 is 1.03. The maximum atomic E-state index is 13.0. The third-order valence-electron chi connectivity index (χ3n) is 2.87. The molecule has 2 aromatic rings. The molecule has 0 atom stereocenters. The number of thiazole rings is 1. The molecule has 1 aromatic carbocycles. The van der Waals surface area contributed by atoms with Crippen molar-refractivity contribution in [2.24, 2.45) is 0 Å². The van der Waals surface area contributed by atoms with Gasteiger partial charge >= 0.3 is 5.97 Å². The summed E-state index contributed by atoms with van der Waals surface area (Å²) in [6.07, 6.45) is 0. The zero-order valence-electron chi connectivity index (χ0n) is 11.4. The second-order valence-corrected chi connectivity index (χ2v) is 5.55. The van der Waals surface area contributed by atoms with Gasteiger partial charge in [-0.25, -0.2) is 14.2 Å². The van der Waals surface area contributed by atoms with Crippen molar-refractivity contribution < 1.29 is 19.1 Å². The summed E-state index contributed by atoms with van der Waals surface area (Å²) in [6, 6.07) is 3.92. The molecule has 0 aliphatic rings. The van der Waals surface area contributed by atoms with E-state index in [2.05, 4.69) is 10.3 Å². The highest BCUT2D eigenvalue weighted by molar-refractivity contribution is 7.13. The minimum Gasteiger partial charge on any atom is -0.477 e. The number of hydrogen-bond donors (Lipinski definition) is 2. The van der Waals surface area contributed by atoms with Gasteiger partial charge in [0, 0.05) is 5.56 Å². The predicted molar refractivity (Wildman–Crippen MR) is 76.1 cm³/mol. The average Bonchev–Trinajstić information content (AvgIpc) is 2.77. The average molecular weight is 308 g/mol. The van der Waals surface area contributed by atoms with Gasteiger partial charge in [0.25, 0.3) is 5.91 Å². The minimum atomic E-state index is -1.03.